The van der Waals surface area contributed by atoms with Crippen LogP contribution in [0.4, 0.5) is 5.13 Å². The molecule has 6 heteroatoms. The maximum absolute atomic E-state index is 12.3. The predicted octanol–water partition coefficient (Wildman–Crippen LogP) is 2.00. The number of thiazole rings is 1. The van der Waals surface area contributed by atoms with Crippen LogP contribution in [0.1, 0.15) is 28.5 Å². The summed E-state index contributed by atoms with van der Waals surface area (Å²) in [5.74, 6) is -0.217. The van der Waals surface area contributed by atoms with E-state index in [4.69, 9.17) is 0 Å². The Balaban J connectivity index is 1.67. The van der Waals surface area contributed by atoms with Crippen LogP contribution in [0.15, 0.2) is 29.6 Å². The van der Waals surface area contributed by atoms with E-state index < -0.39 is 0 Å². The van der Waals surface area contributed by atoms with Gasteiger partial charge >= 0.3 is 0 Å². The van der Waals surface area contributed by atoms with Gasteiger partial charge in [0.25, 0.3) is 0 Å². The fraction of sp³-hybridized carbons (Fsp3) is 0.267. The van der Waals surface area contributed by atoms with Gasteiger partial charge in [0.1, 0.15) is 5.69 Å². The maximum Gasteiger partial charge on any atom is 0.243 e. The molecule has 0 aliphatic carbocycles. The largest absolute Gasteiger partial charge is 0.301 e. The molecule has 1 aromatic carbocycles. The van der Waals surface area contributed by atoms with Crippen LogP contribution in [0, 0.1) is 0 Å². The van der Waals surface area contributed by atoms with Crippen molar-refractivity contribution in [1.82, 2.24) is 10.3 Å². The minimum absolute atomic E-state index is 0.100. The van der Waals surface area contributed by atoms with E-state index in [-0.39, 0.29) is 17.7 Å². The Hall–Kier alpha value is -2.05. The molecule has 0 saturated heterocycles. The van der Waals surface area contributed by atoms with Crippen molar-refractivity contribution >= 4 is 28.2 Å². The molecule has 21 heavy (non-hydrogen) atoms. The second-order valence-electron chi connectivity index (χ2n) is 4.99. The summed E-state index contributed by atoms with van der Waals surface area (Å²) < 4.78 is 0. The fourth-order valence-electron chi connectivity index (χ4n) is 2.33. The molecular weight excluding hydrogens is 286 g/mol. The Kier molecular flexibility index (Phi) is 3.81. The lowest BCUT2D eigenvalue weighted by atomic mass is 9.95. The van der Waals surface area contributed by atoms with Crippen molar-refractivity contribution in [2.24, 2.45) is 0 Å². The Morgan fingerprint density at radius 1 is 1.33 bits per heavy atom. The molecule has 1 atom stereocenters. The number of carbonyl (C=O) groups excluding carboxylic acids is 2. The number of carbonyl (C=O) groups is 2. The average molecular weight is 301 g/mol. The van der Waals surface area contributed by atoms with Crippen molar-refractivity contribution in [2.75, 3.05) is 5.32 Å². The van der Waals surface area contributed by atoms with Gasteiger partial charge in [-0.3, -0.25) is 9.59 Å². The molecule has 3 rings (SSSR count). The third-order valence-electron chi connectivity index (χ3n) is 3.49. The lowest BCUT2D eigenvalue weighted by Gasteiger charge is -2.24. The van der Waals surface area contributed by atoms with Crippen LogP contribution < -0.4 is 10.6 Å². The number of fused-ring (bicyclic) bond motifs is 1. The Morgan fingerprint density at radius 3 is 2.81 bits per heavy atom. The highest BCUT2D eigenvalue weighted by molar-refractivity contribution is 7.14. The Bertz CT molecular complexity index is 696. The highest BCUT2D eigenvalue weighted by Gasteiger charge is 2.24. The molecule has 0 fully saturated rings. The smallest absolute Gasteiger partial charge is 0.243 e. The number of amides is 1. The van der Waals surface area contributed by atoms with Gasteiger partial charge < -0.3 is 10.6 Å². The summed E-state index contributed by atoms with van der Waals surface area (Å²) in [6.45, 7) is 2.14. The van der Waals surface area contributed by atoms with Gasteiger partial charge in [-0.2, -0.15) is 0 Å². The fourth-order valence-corrected chi connectivity index (χ4v) is 3.08. The zero-order chi connectivity index (χ0) is 14.8. The lowest BCUT2D eigenvalue weighted by molar-refractivity contribution is -0.118. The van der Waals surface area contributed by atoms with E-state index >= 15 is 0 Å². The second kappa shape index (κ2) is 5.75. The number of nitrogens with zero attached hydrogens (tertiary/aromatic N) is 1. The Labute approximate surface area is 126 Å². The van der Waals surface area contributed by atoms with Gasteiger partial charge in [0.2, 0.25) is 5.91 Å². The molecule has 108 valence electrons. The first-order valence-electron chi connectivity index (χ1n) is 6.71. The van der Waals surface area contributed by atoms with Gasteiger partial charge in [0, 0.05) is 18.8 Å². The van der Waals surface area contributed by atoms with Crippen molar-refractivity contribution in [3.8, 4) is 0 Å². The topological polar surface area (TPSA) is 71.1 Å². The van der Waals surface area contributed by atoms with Crippen LogP contribution in [0.3, 0.4) is 0 Å². The quantitative estimate of drug-likeness (QED) is 0.851. The minimum atomic E-state index is -0.274. The molecule has 1 aliphatic rings. The van der Waals surface area contributed by atoms with E-state index in [9.17, 15) is 9.59 Å². The highest BCUT2D eigenvalue weighted by atomic mass is 32.1. The van der Waals surface area contributed by atoms with Crippen molar-refractivity contribution in [2.45, 2.75) is 25.9 Å². The molecule has 0 saturated carbocycles. The molecule has 0 radical (unpaired) electrons. The average Bonchev–Trinajstić information content (AvgIpc) is 2.95. The summed E-state index contributed by atoms with van der Waals surface area (Å²) in [7, 11) is 0. The number of hydrogen-bond donors (Lipinski definition) is 2. The molecule has 5 nitrogen and oxygen atoms in total. The summed E-state index contributed by atoms with van der Waals surface area (Å²) in [5, 5.41) is 8.11. The van der Waals surface area contributed by atoms with Crippen LogP contribution in [0.5, 0.6) is 0 Å². The summed E-state index contributed by atoms with van der Waals surface area (Å²) >= 11 is 1.26. The number of hydrogen-bond acceptors (Lipinski definition) is 5. The summed E-state index contributed by atoms with van der Waals surface area (Å²) in [5.41, 5.74) is 2.81. The number of nitrogens with one attached hydrogen (secondary N) is 2. The standard InChI is InChI=1S/C15H15N3O2S/c1-9(19)13-8-21-15(17-13)18-14(20)12-6-10-4-2-3-5-11(10)7-16-12/h2-5,8,12,16H,6-7H2,1H3,(H,17,18,20)/t12-/m0/s1. The number of Topliss-reactive ketones (excluding diaryl/α,β-unsaturated/α-hetero) is 1. The first kappa shape index (κ1) is 13.9. The van der Waals surface area contributed by atoms with Gasteiger partial charge in [-0.05, 0) is 17.5 Å². The van der Waals surface area contributed by atoms with Crippen molar-refractivity contribution in [3.05, 3.63) is 46.5 Å². The SMILES string of the molecule is CC(=O)c1csc(NC(=O)[C@@H]2Cc3ccccc3CN2)n1. The summed E-state index contributed by atoms with van der Waals surface area (Å²) in [4.78, 5) is 27.6. The van der Waals surface area contributed by atoms with Crippen molar-refractivity contribution < 1.29 is 9.59 Å². The van der Waals surface area contributed by atoms with Crippen molar-refractivity contribution in [3.63, 3.8) is 0 Å². The molecule has 2 aromatic rings. The number of benzene rings is 1. The van der Waals surface area contributed by atoms with E-state index in [2.05, 4.69) is 21.7 Å². The third kappa shape index (κ3) is 3.01. The van der Waals surface area contributed by atoms with Crippen LogP contribution in [0.2, 0.25) is 0 Å². The molecule has 1 aromatic heterocycles. The molecule has 2 N–H and O–H groups in total. The van der Waals surface area contributed by atoms with Crippen LogP contribution in [-0.2, 0) is 17.8 Å². The molecule has 0 bridgehead atoms. The van der Waals surface area contributed by atoms with E-state index in [1.807, 2.05) is 18.2 Å². The van der Waals surface area contributed by atoms with Gasteiger partial charge in [-0.1, -0.05) is 24.3 Å². The minimum Gasteiger partial charge on any atom is -0.301 e. The van der Waals surface area contributed by atoms with E-state index in [1.165, 1.54) is 29.4 Å². The van der Waals surface area contributed by atoms with E-state index in [1.54, 1.807) is 5.38 Å². The van der Waals surface area contributed by atoms with Gasteiger partial charge in [-0.15, -0.1) is 11.3 Å². The van der Waals surface area contributed by atoms with Crippen molar-refractivity contribution in [1.29, 1.82) is 0 Å². The number of rotatable bonds is 3. The lowest BCUT2D eigenvalue weighted by Crippen LogP contribution is -2.44. The third-order valence-corrected chi connectivity index (χ3v) is 4.25. The van der Waals surface area contributed by atoms with Crippen LogP contribution in [-0.4, -0.2) is 22.7 Å². The molecule has 1 amide bonds. The Morgan fingerprint density at radius 2 is 2.10 bits per heavy atom. The van der Waals surface area contributed by atoms with Crippen LogP contribution in [0.25, 0.3) is 0 Å². The first-order valence-corrected chi connectivity index (χ1v) is 7.59. The van der Waals surface area contributed by atoms with Gasteiger partial charge in [-0.25, -0.2) is 4.98 Å². The number of aromatic nitrogens is 1. The van der Waals surface area contributed by atoms with E-state index in [0.29, 0.717) is 23.8 Å². The number of anilines is 1. The second-order valence-corrected chi connectivity index (χ2v) is 5.85. The summed E-state index contributed by atoms with van der Waals surface area (Å²) in [6.07, 6.45) is 0.660. The van der Waals surface area contributed by atoms with E-state index in [0.717, 1.165) is 0 Å². The van der Waals surface area contributed by atoms with Gasteiger partial charge in [0.05, 0.1) is 6.04 Å². The molecule has 0 spiro atoms. The molecular formula is C15H15N3O2S. The molecule has 1 aliphatic heterocycles. The zero-order valence-electron chi connectivity index (χ0n) is 11.6. The highest BCUT2D eigenvalue weighted by Crippen LogP contribution is 2.19. The monoisotopic (exact) mass is 301 g/mol. The molecule has 0 unspecified atom stereocenters. The van der Waals surface area contributed by atoms with Gasteiger partial charge in [0.15, 0.2) is 10.9 Å². The van der Waals surface area contributed by atoms with Crippen LogP contribution >= 0.6 is 11.3 Å². The summed E-state index contributed by atoms with van der Waals surface area (Å²) in [6, 6.07) is 7.83. The normalized spacial score (nSPS) is 17.1. The molecule has 2 heterocycles. The first-order chi connectivity index (χ1) is 10.1. The maximum atomic E-state index is 12.3. The number of ketones is 1. The zero-order valence-corrected chi connectivity index (χ0v) is 12.4. The predicted molar refractivity (Wildman–Crippen MR) is 81.5 cm³/mol.